The summed E-state index contributed by atoms with van der Waals surface area (Å²) < 4.78 is 2.01. The van der Waals surface area contributed by atoms with Gasteiger partial charge in [0.25, 0.3) is 0 Å². The number of anilines is 1. The van der Waals surface area contributed by atoms with Gasteiger partial charge in [-0.1, -0.05) is 19.3 Å². The van der Waals surface area contributed by atoms with Crippen LogP contribution in [-0.2, 0) is 0 Å². The first-order valence-corrected chi connectivity index (χ1v) is 9.56. The fourth-order valence-electron chi connectivity index (χ4n) is 4.22. The molecule has 0 bridgehead atoms. The van der Waals surface area contributed by atoms with Gasteiger partial charge < -0.3 is 10.0 Å². The van der Waals surface area contributed by atoms with Gasteiger partial charge in [-0.05, 0) is 26.7 Å². The molecule has 0 unspecified atom stereocenters. The van der Waals surface area contributed by atoms with Crippen LogP contribution in [0.5, 0.6) is 0 Å². The Kier molecular flexibility index (Phi) is 5.96. The number of rotatable bonds is 4. The number of carbonyl (C=O) groups is 1. The first kappa shape index (κ1) is 18.2. The topological polar surface area (TPSA) is 73.6 Å². The molecule has 7 heteroatoms. The van der Waals surface area contributed by atoms with E-state index in [2.05, 4.69) is 29.2 Å². The summed E-state index contributed by atoms with van der Waals surface area (Å²) in [6.07, 6.45) is 8.18. The van der Waals surface area contributed by atoms with E-state index in [0.29, 0.717) is 31.5 Å². The van der Waals surface area contributed by atoms with Crippen LogP contribution in [0.4, 0.5) is 10.6 Å². The average Bonchev–Trinajstić information content (AvgIpc) is 3.07. The molecule has 2 N–H and O–H groups in total. The lowest BCUT2D eigenvalue weighted by atomic mass is 9.96. The average molecular weight is 349 g/mol. The highest BCUT2D eigenvalue weighted by Crippen LogP contribution is 2.28. The molecule has 25 heavy (non-hydrogen) atoms. The SMILES string of the molecule is C[C@@H]1CN(C(=O)Nc2ccn(C3CCCCC3)n2)C[C@H](C)N1CCO. The molecule has 2 aliphatic rings. The molecule has 3 rings (SSSR count). The van der Waals surface area contributed by atoms with Crippen molar-refractivity contribution in [3.63, 3.8) is 0 Å². The van der Waals surface area contributed by atoms with E-state index in [0.717, 1.165) is 0 Å². The lowest BCUT2D eigenvalue weighted by molar-refractivity contribution is 0.0452. The summed E-state index contributed by atoms with van der Waals surface area (Å²) >= 11 is 0. The Morgan fingerprint density at radius 3 is 2.56 bits per heavy atom. The maximum absolute atomic E-state index is 12.6. The Labute approximate surface area is 150 Å². The minimum absolute atomic E-state index is 0.0868. The quantitative estimate of drug-likeness (QED) is 0.875. The Morgan fingerprint density at radius 1 is 1.24 bits per heavy atom. The summed E-state index contributed by atoms with van der Waals surface area (Å²) in [5.74, 6) is 0.633. The number of piperazine rings is 1. The molecule has 7 nitrogen and oxygen atoms in total. The summed E-state index contributed by atoms with van der Waals surface area (Å²) in [5, 5.41) is 16.7. The fraction of sp³-hybridized carbons (Fsp3) is 0.778. The van der Waals surface area contributed by atoms with Gasteiger partial charge in [-0.15, -0.1) is 0 Å². The minimum atomic E-state index is -0.0868. The molecule has 2 heterocycles. The van der Waals surface area contributed by atoms with Crippen molar-refractivity contribution in [2.45, 2.75) is 64.1 Å². The van der Waals surface area contributed by atoms with E-state index in [-0.39, 0.29) is 24.7 Å². The van der Waals surface area contributed by atoms with Crippen molar-refractivity contribution in [3.05, 3.63) is 12.3 Å². The van der Waals surface area contributed by atoms with Gasteiger partial charge in [-0.2, -0.15) is 5.10 Å². The van der Waals surface area contributed by atoms with Gasteiger partial charge in [0.2, 0.25) is 0 Å². The predicted octanol–water partition coefficient (Wildman–Crippen LogP) is 2.31. The summed E-state index contributed by atoms with van der Waals surface area (Å²) in [4.78, 5) is 16.7. The fourth-order valence-corrected chi connectivity index (χ4v) is 4.22. The standard InChI is InChI=1S/C18H31N5O2/c1-14-12-21(13-15(2)22(14)10-11-24)18(25)19-17-8-9-23(20-17)16-6-4-3-5-7-16/h8-9,14-16,24H,3-7,10-13H2,1-2H3,(H,19,20,25)/t14-,15+. The van der Waals surface area contributed by atoms with E-state index in [1.54, 1.807) is 0 Å². The summed E-state index contributed by atoms with van der Waals surface area (Å²) in [6.45, 7) is 6.34. The number of aromatic nitrogens is 2. The zero-order chi connectivity index (χ0) is 17.8. The molecule has 140 valence electrons. The first-order chi connectivity index (χ1) is 12.1. The number of hydrogen-bond donors (Lipinski definition) is 2. The number of aliphatic hydroxyl groups excluding tert-OH is 1. The smallest absolute Gasteiger partial charge is 0.323 e. The summed E-state index contributed by atoms with van der Waals surface area (Å²) in [7, 11) is 0. The molecule has 2 amide bonds. The minimum Gasteiger partial charge on any atom is -0.395 e. The van der Waals surface area contributed by atoms with Gasteiger partial charge in [0.05, 0.1) is 12.6 Å². The van der Waals surface area contributed by atoms with E-state index in [1.165, 1.54) is 32.1 Å². The van der Waals surface area contributed by atoms with Crippen molar-refractivity contribution in [2.75, 3.05) is 31.6 Å². The Balaban J connectivity index is 1.56. The van der Waals surface area contributed by atoms with Crippen molar-refractivity contribution in [1.82, 2.24) is 19.6 Å². The van der Waals surface area contributed by atoms with Crippen molar-refractivity contribution in [1.29, 1.82) is 0 Å². The highest BCUT2D eigenvalue weighted by molar-refractivity contribution is 5.88. The lowest BCUT2D eigenvalue weighted by Gasteiger charge is -2.44. The second-order valence-electron chi connectivity index (χ2n) is 7.47. The molecule has 2 fully saturated rings. The highest BCUT2D eigenvalue weighted by Gasteiger charge is 2.31. The van der Waals surface area contributed by atoms with Crippen LogP contribution in [0.3, 0.4) is 0 Å². The van der Waals surface area contributed by atoms with E-state index < -0.39 is 0 Å². The molecule has 2 atom stereocenters. The number of β-amino-alcohol motifs (C(OH)–C–C–N with tert-alkyl or cyclic N) is 1. The highest BCUT2D eigenvalue weighted by atomic mass is 16.3. The normalized spacial score (nSPS) is 26.0. The van der Waals surface area contributed by atoms with Crippen molar-refractivity contribution < 1.29 is 9.90 Å². The zero-order valence-corrected chi connectivity index (χ0v) is 15.4. The Bertz CT molecular complexity index is 558. The number of carbonyl (C=O) groups excluding carboxylic acids is 1. The van der Waals surface area contributed by atoms with E-state index in [1.807, 2.05) is 21.8 Å². The number of amides is 2. The van der Waals surface area contributed by atoms with Gasteiger partial charge in [0.1, 0.15) is 0 Å². The van der Waals surface area contributed by atoms with Gasteiger partial charge in [-0.3, -0.25) is 14.9 Å². The molecule has 1 aliphatic carbocycles. The third-order valence-electron chi connectivity index (χ3n) is 5.54. The van der Waals surface area contributed by atoms with Gasteiger partial charge >= 0.3 is 6.03 Å². The summed E-state index contributed by atoms with van der Waals surface area (Å²) in [6, 6.07) is 2.75. The zero-order valence-electron chi connectivity index (χ0n) is 15.4. The van der Waals surface area contributed by atoms with E-state index in [9.17, 15) is 9.90 Å². The van der Waals surface area contributed by atoms with Crippen LogP contribution in [0.15, 0.2) is 12.3 Å². The molecule has 1 saturated carbocycles. The van der Waals surface area contributed by atoms with Crippen LogP contribution in [0.25, 0.3) is 0 Å². The van der Waals surface area contributed by atoms with Crippen molar-refractivity contribution in [3.8, 4) is 0 Å². The Morgan fingerprint density at radius 2 is 1.92 bits per heavy atom. The van der Waals surface area contributed by atoms with Gasteiger partial charge in [0, 0.05) is 44.0 Å². The Hall–Kier alpha value is -1.60. The number of aliphatic hydroxyl groups is 1. The predicted molar refractivity (Wildman–Crippen MR) is 97.7 cm³/mol. The largest absolute Gasteiger partial charge is 0.395 e. The first-order valence-electron chi connectivity index (χ1n) is 9.56. The summed E-state index contributed by atoms with van der Waals surface area (Å²) in [5.41, 5.74) is 0. The number of hydrogen-bond acceptors (Lipinski definition) is 4. The second kappa shape index (κ2) is 8.19. The maximum Gasteiger partial charge on any atom is 0.323 e. The van der Waals surface area contributed by atoms with Crippen molar-refractivity contribution in [2.24, 2.45) is 0 Å². The van der Waals surface area contributed by atoms with Crippen LogP contribution < -0.4 is 5.32 Å². The van der Waals surface area contributed by atoms with Crippen LogP contribution >= 0.6 is 0 Å². The number of urea groups is 1. The van der Waals surface area contributed by atoms with Gasteiger partial charge in [-0.25, -0.2) is 4.79 Å². The number of nitrogens with zero attached hydrogens (tertiary/aromatic N) is 4. The molecule has 1 aliphatic heterocycles. The molecule has 0 radical (unpaired) electrons. The third kappa shape index (κ3) is 4.33. The molecule has 1 aromatic rings. The second-order valence-corrected chi connectivity index (χ2v) is 7.47. The van der Waals surface area contributed by atoms with Crippen LogP contribution in [0.1, 0.15) is 52.0 Å². The van der Waals surface area contributed by atoms with Crippen LogP contribution in [-0.4, -0.2) is 69.0 Å². The van der Waals surface area contributed by atoms with Crippen molar-refractivity contribution >= 4 is 11.8 Å². The van der Waals surface area contributed by atoms with E-state index >= 15 is 0 Å². The molecule has 1 saturated heterocycles. The third-order valence-corrected chi connectivity index (χ3v) is 5.54. The van der Waals surface area contributed by atoms with E-state index in [4.69, 9.17) is 0 Å². The monoisotopic (exact) mass is 349 g/mol. The lowest BCUT2D eigenvalue weighted by Crippen LogP contribution is -2.59. The molecule has 0 spiro atoms. The molecule has 1 aromatic heterocycles. The van der Waals surface area contributed by atoms with Crippen LogP contribution in [0, 0.1) is 0 Å². The maximum atomic E-state index is 12.6. The van der Waals surface area contributed by atoms with Crippen LogP contribution in [0.2, 0.25) is 0 Å². The molecular weight excluding hydrogens is 318 g/mol. The molecule has 0 aromatic carbocycles. The molecular formula is C18H31N5O2. The number of nitrogens with one attached hydrogen (secondary N) is 1. The van der Waals surface area contributed by atoms with Gasteiger partial charge in [0.15, 0.2) is 5.82 Å².